The van der Waals surface area contributed by atoms with Gasteiger partial charge in [0, 0.05) is 25.4 Å². The highest BCUT2D eigenvalue weighted by Crippen LogP contribution is 2.25. The molecule has 0 radical (unpaired) electrons. The van der Waals surface area contributed by atoms with Gasteiger partial charge in [0.25, 0.3) is 0 Å². The average molecular weight is 457 g/mol. The molecule has 0 saturated heterocycles. The van der Waals surface area contributed by atoms with Crippen LogP contribution >= 0.6 is 0 Å². The van der Waals surface area contributed by atoms with Crippen molar-refractivity contribution < 1.29 is 28.6 Å². The highest BCUT2D eigenvalue weighted by atomic mass is 19.1. The molecule has 0 aromatic heterocycles. The summed E-state index contributed by atoms with van der Waals surface area (Å²) < 4.78 is 19.6. The van der Waals surface area contributed by atoms with Crippen molar-refractivity contribution in [1.82, 2.24) is 10.2 Å². The highest BCUT2D eigenvalue weighted by molar-refractivity contribution is 5.85. The molecule has 2 amide bonds. The number of carboxylic acids is 1. The zero-order chi connectivity index (χ0) is 24.2. The second-order valence-electron chi connectivity index (χ2n) is 9.19. The van der Waals surface area contributed by atoms with E-state index in [-0.39, 0.29) is 25.8 Å². The predicted molar refractivity (Wildman–Crippen MR) is 120 cm³/mol. The molecule has 1 aliphatic rings. The molecule has 8 heteroatoms. The van der Waals surface area contributed by atoms with Crippen LogP contribution in [0.3, 0.4) is 0 Å². The Morgan fingerprint density at radius 2 is 1.76 bits per heavy atom. The van der Waals surface area contributed by atoms with E-state index >= 15 is 0 Å². The van der Waals surface area contributed by atoms with Crippen LogP contribution in [-0.4, -0.2) is 45.7 Å². The Balaban J connectivity index is 1.81. The number of rotatable bonds is 6. The number of ether oxygens (including phenoxy) is 1. The maximum absolute atomic E-state index is 14.3. The predicted octanol–water partition coefficient (Wildman–Crippen LogP) is 3.69. The number of fused-ring (bicyclic) bond motifs is 1. The summed E-state index contributed by atoms with van der Waals surface area (Å²) in [6, 6.07) is 11.7. The van der Waals surface area contributed by atoms with Gasteiger partial charge in [-0.2, -0.15) is 0 Å². The second kappa shape index (κ2) is 10.0. The summed E-state index contributed by atoms with van der Waals surface area (Å²) in [5.41, 5.74) is 1.37. The molecule has 0 fully saturated rings. The number of hydrogen-bond acceptors (Lipinski definition) is 4. The van der Waals surface area contributed by atoms with Gasteiger partial charge in [-0.1, -0.05) is 42.5 Å². The number of hydrogen-bond donors (Lipinski definition) is 2. The molecule has 2 N–H and O–H groups in total. The molecule has 2 atom stereocenters. The third-order valence-electron chi connectivity index (χ3n) is 5.42. The number of nitrogens with one attached hydrogen (secondary N) is 1. The van der Waals surface area contributed by atoms with E-state index in [1.807, 2.05) is 24.3 Å². The summed E-state index contributed by atoms with van der Waals surface area (Å²) >= 11 is 0. The number of carbonyl (C=O) groups excluding carboxylic acids is 2. The van der Waals surface area contributed by atoms with Crippen LogP contribution < -0.4 is 5.32 Å². The van der Waals surface area contributed by atoms with Gasteiger partial charge < -0.3 is 20.1 Å². The molecule has 0 aliphatic carbocycles. The van der Waals surface area contributed by atoms with Gasteiger partial charge in [-0.15, -0.1) is 0 Å². The molecular formula is C25H29FN2O5. The molecular weight excluding hydrogens is 427 g/mol. The summed E-state index contributed by atoms with van der Waals surface area (Å²) in [5.74, 6) is -1.98. The molecule has 176 valence electrons. The SMILES string of the molecule is CC(C)(C)OC(=O)N[C@@H](CC(=O)N1Cc2ccccc2C[C@H]1C(=O)O)Cc1ccccc1F. The van der Waals surface area contributed by atoms with Gasteiger partial charge in [0.15, 0.2) is 0 Å². The standard InChI is InChI=1S/C25H29FN2O5/c1-25(2,3)33-24(32)27-19(12-17-9-6-7-11-20(17)26)14-22(29)28-15-18-10-5-4-8-16(18)13-21(28)23(30)31/h4-11,19,21H,12-15H2,1-3H3,(H,27,32)(H,30,31)/t19-,21+/m1/s1. The minimum atomic E-state index is -1.09. The molecule has 0 bridgehead atoms. The molecule has 2 aromatic rings. The first-order valence-corrected chi connectivity index (χ1v) is 10.9. The minimum Gasteiger partial charge on any atom is -0.480 e. The van der Waals surface area contributed by atoms with Crippen LogP contribution in [0.15, 0.2) is 48.5 Å². The lowest BCUT2D eigenvalue weighted by Crippen LogP contribution is -2.51. The lowest BCUT2D eigenvalue weighted by atomic mass is 9.93. The first-order chi connectivity index (χ1) is 15.5. The quantitative estimate of drug-likeness (QED) is 0.691. The maximum Gasteiger partial charge on any atom is 0.407 e. The Bertz CT molecular complexity index is 1030. The Labute approximate surface area is 192 Å². The van der Waals surface area contributed by atoms with Gasteiger partial charge in [-0.05, 0) is 49.9 Å². The fraction of sp³-hybridized carbons (Fsp3) is 0.400. The van der Waals surface area contributed by atoms with Crippen molar-refractivity contribution in [3.05, 3.63) is 71.0 Å². The van der Waals surface area contributed by atoms with Crippen LogP contribution in [0.4, 0.5) is 9.18 Å². The van der Waals surface area contributed by atoms with E-state index in [9.17, 15) is 23.9 Å². The van der Waals surface area contributed by atoms with Crippen molar-refractivity contribution in [1.29, 1.82) is 0 Å². The van der Waals surface area contributed by atoms with Crippen molar-refractivity contribution in [3.63, 3.8) is 0 Å². The third-order valence-corrected chi connectivity index (χ3v) is 5.42. The number of carboxylic acid groups (broad SMARTS) is 1. The smallest absolute Gasteiger partial charge is 0.407 e. The molecule has 7 nitrogen and oxygen atoms in total. The van der Waals surface area contributed by atoms with E-state index in [0.29, 0.717) is 5.56 Å². The largest absolute Gasteiger partial charge is 0.480 e. The summed E-state index contributed by atoms with van der Waals surface area (Å²) in [6.07, 6.45) is -0.663. The highest BCUT2D eigenvalue weighted by Gasteiger charge is 2.35. The summed E-state index contributed by atoms with van der Waals surface area (Å²) in [5, 5.41) is 12.4. The van der Waals surface area contributed by atoms with E-state index in [0.717, 1.165) is 11.1 Å². The van der Waals surface area contributed by atoms with E-state index in [4.69, 9.17) is 4.74 Å². The molecule has 0 saturated carbocycles. The second-order valence-corrected chi connectivity index (χ2v) is 9.19. The molecule has 0 unspecified atom stereocenters. The molecule has 2 aromatic carbocycles. The van der Waals surface area contributed by atoms with Gasteiger partial charge in [-0.3, -0.25) is 4.79 Å². The number of amides is 2. The Morgan fingerprint density at radius 1 is 1.12 bits per heavy atom. The third kappa shape index (κ3) is 6.54. The van der Waals surface area contributed by atoms with Crippen molar-refractivity contribution in [3.8, 4) is 0 Å². The Hall–Kier alpha value is -3.42. The van der Waals surface area contributed by atoms with Crippen molar-refractivity contribution in [2.24, 2.45) is 0 Å². The summed E-state index contributed by atoms with van der Waals surface area (Å²) in [4.78, 5) is 38.9. The van der Waals surface area contributed by atoms with Crippen molar-refractivity contribution >= 4 is 18.0 Å². The Kier molecular flexibility index (Phi) is 7.36. The lowest BCUT2D eigenvalue weighted by Gasteiger charge is -2.35. The minimum absolute atomic E-state index is 0.0554. The monoisotopic (exact) mass is 456 g/mol. The normalized spacial score (nSPS) is 16.5. The first-order valence-electron chi connectivity index (χ1n) is 10.9. The van der Waals surface area contributed by atoms with E-state index in [1.54, 1.807) is 39.0 Å². The summed E-state index contributed by atoms with van der Waals surface area (Å²) in [6.45, 7) is 5.30. The number of alkyl carbamates (subject to hydrolysis) is 1. The van der Waals surface area contributed by atoms with Crippen LogP contribution in [0, 0.1) is 5.82 Å². The van der Waals surface area contributed by atoms with E-state index in [1.165, 1.54) is 11.0 Å². The molecule has 1 heterocycles. The summed E-state index contributed by atoms with van der Waals surface area (Å²) in [7, 11) is 0. The molecule has 0 spiro atoms. The van der Waals surface area contributed by atoms with Gasteiger partial charge in [-0.25, -0.2) is 14.0 Å². The molecule has 3 rings (SSSR count). The van der Waals surface area contributed by atoms with Crippen LogP contribution in [0.2, 0.25) is 0 Å². The fourth-order valence-electron chi connectivity index (χ4n) is 3.91. The average Bonchev–Trinajstić information content (AvgIpc) is 2.72. The van der Waals surface area contributed by atoms with Gasteiger partial charge in [0.05, 0.1) is 0 Å². The number of benzene rings is 2. The number of aliphatic carboxylic acids is 1. The lowest BCUT2D eigenvalue weighted by molar-refractivity contribution is -0.151. The van der Waals surface area contributed by atoms with E-state index in [2.05, 4.69) is 5.32 Å². The van der Waals surface area contributed by atoms with Gasteiger partial charge in [0.1, 0.15) is 17.5 Å². The molecule has 1 aliphatic heterocycles. The first kappa shape index (κ1) is 24.2. The number of halogens is 1. The maximum atomic E-state index is 14.3. The van der Waals surface area contributed by atoms with Crippen LogP contribution in [0.1, 0.15) is 43.9 Å². The van der Waals surface area contributed by atoms with Crippen LogP contribution in [0.25, 0.3) is 0 Å². The zero-order valence-electron chi connectivity index (χ0n) is 19.0. The zero-order valence-corrected chi connectivity index (χ0v) is 19.0. The number of carbonyl (C=O) groups is 3. The number of nitrogens with zero attached hydrogens (tertiary/aromatic N) is 1. The van der Waals surface area contributed by atoms with Crippen molar-refractivity contribution in [2.75, 3.05) is 0 Å². The van der Waals surface area contributed by atoms with Crippen LogP contribution in [0.5, 0.6) is 0 Å². The van der Waals surface area contributed by atoms with Gasteiger partial charge >= 0.3 is 12.1 Å². The fourth-order valence-corrected chi connectivity index (χ4v) is 3.91. The molecule has 33 heavy (non-hydrogen) atoms. The van der Waals surface area contributed by atoms with Crippen LogP contribution in [-0.2, 0) is 33.7 Å². The Morgan fingerprint density at radius 3 is 2.39 bits per heavy atom. The topological polar surface area (TPSA) is 95.9 Å². The van der Waals surface area contributed by atoms with E-state index < -0.39 is 41.5 Å². The van der Waals surface area contributed by atoms with Gasteiger partial charge in [0.2, 0.25) is 5.91 Å². The van der Waals surface area contributed by atoms with Crippen molar-refractivity contribution in [2.45, 2.75) is 64.3 Å².